The number of hydrogen-bond acceptors (Lipinski definition) is 4. The van der Waals surface area contributed by atoms with E-state index in [1.165, 1.54) is 28.3 Å². The van der Waals surface area contributed by atoms with Crippen molar-refractivity contribution in [2.24, 2.45) is 5.10 Å². The van der Waals surface area contributed by atoms with E-state index in [-0.39, 0.29) is 29.1 Å². The van der Waals surface area contributed by atoms with Crippen LogP contribution in [0.1, 0.15) is 23.6 Å². The molecule has 1 aliphatic heterocycles. The quantitative estimate of drug-likeness (QED) is 0.487. The number of anilines is 1. The Hall–Kier alpha value is -3.22. The maximum Gasteiger partial charge on any atom is 0.269 e. The van der Waals surface area contributed by atoms with E-state index in [1.54, 1.807) is 12.1 Å². The minimum Gasteiger partial charge on any atom is -1.00 e. The molecule has 3 aromatic rings. The van der Waals surface area contributed by atoms with Crippen LogP contribution < -0.4 is 22.3 Å². The summed E-state index contributed by atoms with van der Waals surface area (Å²) in [6.07, 6.45) is 0.773. The van der Waals surface area contributed by atoms with Gasteiger partial charge in [0.15, 0.2) is 0 Å². The van der Waals surface area contributed by atoms with Crippen molar-refractivity contribution in [1.29, 1.82) is 0 Å². The number of nitro groups is 1. The molecule has 4 rings (SSSR count). The van der Waals surface area contributed by atoms with Gasteiger partial charge in [-0.05, 0) is 35.4 Å². The molecule has 0 aromatic heterocycles. The molecule has 0 fully saturated rings. The Balaban J connectivity index is 0.00000256. The Morgan fingerprint density at radius 1 is 0.967 bits per heavy atom. The lowest BCUT2D eigenvalue weighted by atomic mass is 9.98. The van der Waals surface area contributed by atoms with Gasteiger partial charge in [-0.15, -0.1) is 0 Å². The van der Waals surface area contributed by atoms with Gasteiger partial charge in [-0.1, -0.05) is 42.5 Å². The van der Waals surface area contributed by atoms with Gasteiger partial charge in [0.2, 0.25) is 0 Å². The van der Waals surface area contributed by atoms with Gasteiger partial charge in [-0.2, -0.15) is 5.10 Å². The molecule has 3 aromatic carbocycles. The molecule has 154 valence electrons. The van der Waals surface area contributed by atoms with Crippen molar-refractivity contribution in [1.82, 2.24) is 0 Å². The number of nitro benzene ring substituents is 1. The molecule has 7 heteroatoms. The van der Waals surface area contributed by atoms with Gasteiger partial charge in [0.05, 0.1) is 36.5 Å². The van der Waals surface area contributed by atoms with Crippen LogP contribution in [0, 0.1) is 10.1 Å². The van der Waals surface area contributed by atoms with Crippen LogP contribution in [0.15, 0.2) is 84.0 Å². The lowest BCUT2D eigenvalue weighted by molar-refractivity contribution is -0.786. The predicted molar refractivity (Wildman–Crippen MR) is 115 cm³/mol. The Labute approximate surface area is 182 Å². The Morgan fingerprint density at radius 3 is 2.17 bits per heavy atom. The lowest BCUT2D eigenvalue weighted by Crippen LogP contribution is -3.00. The van der Waals surface area contributed by atoms with Crippen LogP contribution in [0.2, 0.25) is 0 Å². The molecule has 1 heterocycles. The summed E-state index contributed by atoms with van der Waals surface area (Å²) in [6, 6.07) is 25.3. The third-order valence-corrected chi connectivity index (χ3v) is 5.22. The van der Waals surface area contributed by atoms with E-state index in [2.05, 4.69) is 50.5 Å². The zero-order valence-electron chi connectivity index (χ0n) is 16.8. The Morgan fingerprint density at radius 2 is 1.60 bits per heavy atom. The zero-order valence-corrected chi connectivity index (χ0v) is 17.6. The van der Waals surface area contributed by atoms with Gasteiger partial charge in [0.1, 0.15) is 5.69 Å². The molecule has 30 heavy (non-hydrogen) atoms. The minimum atomic E-state index is -0.383. The molecule has 0 saturated carbocycles. The molecule has 1 atom stereocenters. The van der Waals surface area contributed by atoms with Crippen molar-refractivity contribution in [2.75, 3.05) is 19.1 Å². The average molecular weight is 423 g/mol. The second kappa shape index (κ2) is 9.07. The molecular formula is C23H23ClN4O2. The van der Waals surface area contributed by atoms with Crippen molar-refractivity contribution >= 4 is 22.8 Å². The number of halogens is 1. The van der Waals surface area contributed by atoms with E-state index < -0.39 is 0 Å². The molecule has 6 nitrogen and oxygen atoms in total. The Kier molecular flexibility index (Phi) is 6.50. The normalized spacial score (nSPS) is 15.6. The topological polar surface area (TPSA) is 63.2 Å². The first-order valence-corrected chi connectivity index (χ1v) is 9.60. The van der Waals surface area contributed by atoms with Crippen LogP contribution in [0.25, 0.3) is 0 Å². The number of nitrogens with zero attached hydrogens (tertiary/aromatic N) is 3. The molecule has 0 amide bonds. The molecule has 1 unspecified atom stereocenters. The van der Waals surface area contributed by atoms with Crippen LogP contribution >= 0.6 is 0 Å². The van der Waals surface area contributed by atoms with Gasteiger partial charge in [-0.3, -0.25) is 15.1 Å². The number of quaternary nitrogens is 1. The van der Waals surface area contributed by atoms with Crippen LogP contribution in [0.5, 0.6) is 0 Å². The third kappa shape index (κ3) is 4.35. The summed E-state index contributed by atoms with van der Waals surface area (Å²) in [7, 11) is 4.20. The van der Waals surface area contributed by atoms with Crippen molar-refractivity contribution in [3.05, 3.63) is 100 Å². The summed E-state index contributed by atoms with van der Waals surface area (Å²) in [5.41, 5.74) is 5.41. The maximum absolute atomic E-state index is 11.0. The van der Waals surface area contributed by atoms with Gasteiger partial charge < -0.3 is 17.3 Å². The fraction of sp³-hybridized carbons (Fsp3) is 0.174. The summed E-state index contributed by atoms with van der Waals surface area (Å²) >= 11 is 0. The second-order valence-electron chi connectivity index (χ2n) is 7.37. The lowest BCUT2D eigenvalue weighted by Gasteiger charge is -2.24. The fourth-order valence-electron chi connectivity index (χ4n) is 3.58. The molecule has 0 aliphatic carbocycles. The van der Waals surface area contributed by atoms with Crippen LogP contribution in [-0.4, -0.2) is 24.7 Å². The van der Waals surface area contributed by atoms with Gasteiger partial charge >= 0.3 is 0 Å². The average Bonchev–Trinajstić information content (AvgIpc) is 3.20. The highest BCUT2D eigenvalue weighted by Crippen LogP contribution is 2.37. The van der Waals surface area contributed by atoms with E-state index in [9.17, 15) is 10.1 Å². The number of hydrogen-bond donors (Lipinski definition) is 1. The first-order valence-electron chi connectivity index (χ1n) is 9.60. The monoisotopic (exact) mass is 422 g/mol. The smallest absolute Gasteiger partial charge is 0.269 e. The fourth-order valence-corrected chi connectivity index (χ4v) is 3.58. The first-order chi connectivity index (χ1) is 14.0. The highest BCUT2D eigenvalue weighted by molar-refractivity contribution is 6.03. The largest absolute Gasteiger partial charge is 1.00 e. The zero-order chi connectivity index (χ0) is 20.4. The number of hydrazone groups is 1. The summed E-state index contributed by atoms with van der Waals surface area (Å²) < 4.78 is 0. The maximum atomic E-state index is 11.0. The molecule has 0 bridgehead atoms. The highest BCUT2D eigenvalue weighted by Gasteiger charge is 2.30. The molecule has 0 saturated heterocycles. The van der Waals surface area contributed by atoms with E-state index in [0.717, 1.165) is 23.4 Å². The van der Waals surface area contributed by atoms with Gasteiger partial charge in [-0.25, -0.2) is 0 Å². The van der Waals surface area contributed by atoms with Crippen LogP contribution in [-0.2, 0) is 0 Å². The first kappa shape index (κ1) is 21.5. The molecule has 0 spiro atoms. The summed E-state index contributed by atoms with van der Waals surface area (Å²) in [5, 5.41) is 17.9. The number of rotatable bonds is 5. The van der Waals surface area contributed by atoms with E-state index in [0.29, 0.717) is 0 Å². The second-order valence-corrected chi connectivity index (χ2v) is 7.37. The van der Waals surface area contributed by atoms with E-state index in [1.807, 2.05) is 23.2 Å². The van der Waals surface area contributed by atoms with Crippen molar-refractivity contribution in [3.8, 4) is 0 Å². The molecule has 1 N–H and O–H groups in total. The van der Waals surface area contributed by atoms with Crippen LogP contribution in [0.4, 0.5) is 17.1 Å². The number of benzene rings is 3. The highest BCUT2D eigenvalue weighted by atomic mass is 35.5. The Bertz CT molecular complexity index is 1040. The predicted octanol–water partition coefficient (Wildman–Crippen LogP) is 0.730. The SMILES string of the molecule is C[NH+](C)c1ccc(C2CC(c3ccccc3)=NN2c2ccc([N+](=O)[O-])cc2)cc1.[Cl-]. The summed E-state index contributed by atoms with van der Waals surface area (Å²) in [6.45, 7) is 0. The summed E-state index contributed by atoms with van der Waals surface area (Å²) in [5.74, 6) is 0. The standard InChI is InChI=1S/C23H22N4O2.ClH/c1-25(2)19-10-8-18(9-11-19)23-16-22(17-6-4-3-5-7-17)24-26(23)20-12-14-21(15-13-20)27(28)29;/h3-15,23H,16H2,1-2H3;1H. The van der Waals surface area contributed by atoms with Crippen molar-refractivity contribution in [2.45, 2.75) is 12.5 Å². The summed E-state index contributed by atoms with van der Waals surface area (Å²) in [4.78, 5) is 11.9. The molecule has 1 aliphatic rings. The van der Waals surface area contributed by atoms with Gasteiger partial charge in [0, 0.05) is 18.6 Å². The number of non-ortho nitro benzene ring substituents is 1. The van der Waals surface area contributed by atoms with E-state index in [4.69, 9.17) is 5.10 Å². The molecular weight excluding hydrogens is 400 g/mol. The van der Waals surface area contributed by atoms with Crippen molar-refractivity contribution < 1.29 is 22.2 Å². The third-order valence-electron chi connectivity index (χ3n) is 5.22. The number of nitrogens with one attached hydrogen (secondary N) is 1. The molecule has 0 radical (unpaired) electrons. The van der Waals surface area contributed by atoms with Gasteiger partial charge in [0.25, 0.3) is 5.69 Å². The minimum absolute atomic E-state index is 0. The van der Waals surface area contributed by atoms with Crippen molar-refractivity contribution in [3.63, 3.8) is 0 Å². The van der Waals surface area contributed by atoms with Crippen LogP contribution in [0.3, 0.4) is 0 Å². The van der Waals surface area contributed by atoms with E-state index >= 15 is 0 Å².